The fourth-order valence-corrected chi connectivity index (χ4v) is 4.68. The summed E-state index contributed by atoms with van der Waals surface area (Å²) in [7, 11) is 0. The first-order chi connectivity index (χ1) is 14.0. The standard InChI is InChI=1S/C25H28N2OS/c1-17(2)27-15-22(16-27)25-26-14-24(29-25)21-11-6-19(7-12-21)8-13-23(28)20-9-4-18(3)5-10-20/h4-7,9-12,14,17,22H,8,13,15-16H2,1-3H3. The maximum atomic E-state index is 12.4. The first-order valence-corrected chi connectivity index (χ1v) is 11.2. The summed E-state index contributed by atoms with van der Waals surface area (Å²) in [4.78, 5) is 20.8. The predicted octanol–water partition coefficient (Wildman–Crippen LogP) is 5.74. The van der Waals surface area contributed by atoms with Gasteiger partial charge in [0, 0.05) is 43.2 Å². The molecule has 0 aliphatic carbocycles. The van der Waals surface area contributed by atoms with Crippen molar-refractivity contribution in [3.8, 4) is 10.4 Å². The molecule has 2 aromatic carbocycles. The third-order valence-electron chi connectivity index (χ3n) is 5.77. The Balaban J connectivity index is 1.33. The maximum Gasteiger partial charge on any atom is 0.163 e. The van der Waals surface area contributed by atoms with Gasteiger partial charge in [0.2, 0.25) is 0 Å². The Kier molecular flexibility index (Phi) is 5.93. The molecular formula is C25H28N2OS. The normalized spacial score (nSPS) is 14.9. The highest BCUT2D eigenvalue weighted by Crippen LogP contribution is 2.35. The number of nitrogens with zero attached hydrogens (tertiary/aromatic N) is 2. The van der Waals surface area contributed by atoms with Crippen LogP contribution in [-0.2, 0) is 6.42 Å². The Morgan fingerprint density at radius 1 is 1.10 bits per heavy atom. The zero-order valence-electron chi connectivity index (χ0n) is 17.4. The number of aryl methyl sites for hydroxylation is 2. The molecule has 0 spiro atoms. The van der Waals surface area contributed by atoms with Crippen LogP contribution in [0.5, 0.6) is 0 Å². The van der Waals surface area contributed by atoms with Crippen molar-refractivity contribution in [2.75, 3.05) is 13.1 Å². The van der Waals surface area contributed by atoms with Crippen LogP contribution in [0.3, 0.4) is 0 Å². The molecule has 1 aromatic heterocycles. The van der Waals surface area contributed by atoms with Crippen molar-refractivity contribution in [2.24, 2.45) is 0 Å². The molecule has 0 bridgehead atoms. The van der Waals surface area contributed by atoms with Gasteiger partial charge >= 0.3 is 0 Å². The van der Waals surface area contributed by atoms with Crippen LogP contribution >= 0.6 is 11.3 Å². The van der Waals surface area contributed by atoms with Crippen molar-refractivity contribution in [2.45, 2.75) is 45.6 Å². The summed E-state index contributed by atoms with van der Waals surface area (Å²) in [5.74, 6) is 0.792. The van der Waals surface area contributed by atoms with Gasteiger partial charge in [0.1, 0.15) is 0 Å². The highest BCUT2D eigenvalue weighted by Gasteiger charge is 2.31. The Morgan fingerprint density at radius 3 is 2.45 bits per heavy atom. The number of carbonyl (C=O) groups excluding carboxylic acids is 1. The average molecular weight is 405 g/mol. The minimum Gasteiger partial charge on any atom is -0.299 e. The van der Waals surface area contributed by atoms with Gasteiger partial charge in [-0.3, -0.25) is 9.69 Å². The van der Waals surface area contributed by atoms with Gasteiger partial charge in [-0.2, -0.15) is 0 Å². The van der Waals surface area contributed by atoms with E-state index in [0.717, 1.165) is 25.1 Å². The molecule has 2 heterocycles. The van der Waals surface area contributed by atoms with E-state index in [0.29, 0.717) is 18.4 Å². The third-order valence-corrected chi connectivity index (χ3v) is 6.97. The number of aromatic nitrogens is 1. The van der Waals surface area contributed by atoms with Gasteiger partial charge < -0.3 is 0 Å². The van der Waals surface area contributed by atoms with E-state index in [1.165, 1.54) is 26.6 Å². The number of Topliss-reactive ketones (excluding diaryl/α,β-unsaturated/α-hetero) is 1. The number of hydrogen-bond donors (Lipinski definition) is 0. The zero-order chi connectivity index (χ0) is 20.4. The van der Waals surface area contributed by atoms with Crippen LogP contribution in [-0.4, -0.2) is 34.8 Å². The first kappa shape index (κ1) is 20.0. The Labute approximate surface area is 177 Å². The zero-order valence-corrected chi connectivity index (χ0v) is 18.2. The van der Waals surface area contributed by atoms with E-state index in [2.05, 4.69) is 48.0 Å². The van der Waals surface area contributed by atoms with Gasteiger partial charge in [-0.25, -0.2) is 4.98 Å². The molecule has 0 unspecified atom stereocenters. The van der Waals surface area contributed by atoms with Crippen molar-refractivity contribution >= 4 is 17.1 Å². The first-order valence-electron chi connectivity index (χ1n) is 10.4. The second-order valence-corrected chi connectivity index (χ2v) is 9.36. The molecule has 1 aliphatic rings. The molecule has 0 N–H and O–H groups in total. The molecule has 3 nitrogen and oxygen atoms in total. The molecule has 4 heteroatoms. The van der Waals surface area contributed by atoms with Crippen LogP contribution in [0.25, 0.3) is 10.4 Å². The van der Waals surface area contributed by atoms with Crippen molar-refractivity contribution in [3.63, 3.8) is 0 Å². The molecule has 1 saturated heterocycles. The second kappa shape index (κ2) is 8.60. The molecule has 3 aromatic rings. The van der Waals surface area contributed by atoms with Crippen molar-refractivity contribution in [1.29, 1.82) is 0 Å². The topological polar surface area (TPSA) is 33.2 Å². The minimum atomic E-state index is 0.206. The maximum absolute atomic E-state index is 12.4. The van der Waals surface area contributed by atoms with Crippen LogP contribution in [0.15, 0.2) is 54.7 Å². The summed E-state index contributed by atoms with van der Waals surface area (Å²) in [6.45, 7) is 8.78. The summed E-state index contributed by atoms with van der Waals surface area (Å²) in [5, 5.41) is 1.25. The van der Waals surface area contributed by atoms with E-state index in [1.54, 1.807) is 0 Å². The van der Waals surface area contributed by atoms with Crippen LogP contribution < -0.4 is 0 Å². The fraction of sp³-hybridized carbons (Fsp3) is 0.360. The van der Waals surface area contributed by atoms with Crippen LogP contribution in [0, 0.1) is 6.92 Å². The van der Waals surface area contributed by atoms with Gasteiger partial charge in [-0.05, 0) is 38.3 Å². The highest BCUT2D eigenvalue weighted by atomic mass is 32.1. The fourth-order valence-electron chi connectivity index (χ4n) is 3.68. The lowest BCUT2D eigenvalue weighted by molar-refractivity contribution is 0.0983. The molecule has 0 saturated carbocycles. The van der Waals surface area contributed by atoms with Crippen molar-refractivity contribution in [1.82, 2.24) is 9.88 Å². The molecule has 0 radical (unpaired) electrons. The summed E-state index contributed by atoms with van der Waals surface area (Å²) in [5.41, 5.74) is 4.39. The average Bonchev–Trinajstić information content (AvgIpc) is 3.15. The molecule has 4 rings (SSSR count). The SMILES string of the molecule is Cc1ccc(C(=O)CCc2ccc(-c3cnc(C4CN(C(C)C)C4)s3)cc2)cc1. The number of ketones is 1. The highest BCUT2D eigenvalue weighted by molar-refractivity contribution is 7.15. The molecular weight excluding hydrogens is 376 g/mol. The molecule has 0 atom stereocenters. The lowest BCUT2D eigenvalue weighted by atomic mass is 9.99. The molecule has 1 aliphatic heterocycles. The van der Waals surface area contributed by atoms with Crippen LogP contribution in [0.1, 0.15) is 52.7 Å². The van der Waals surface area contributed by atoms with Gasteiger partial charge in [-0.15, -0.1) is 11.3 Å². The monoisotopic (exact) mass is 404 g/mol. The minimum absolute atomic E-state index is 0.206. The number of carbonyl (C=O) groups is 1. The summed E-state index contributed by atoms with van der Waals surface area (Å²) in [6, 6.07) is 17.0. The number of benzene rings is 2. The van der Waals surface area contributed by atoms with Crippen LogP contribution in [0.4, 0.5) is 0 Å². The van der Waals surface area contributed by atoms with E-state index in [9.17, 15) is 4.79 Å². The van der Waals surface area contributed by atoms with Gasteiger partial charge in [0.05, 0.1) is 9.88 Å². The lowest BCUT2D eigenvalue weighted by Crippen LogP contribution is -2.48. The number of rotatable bonds is 7. The Hall–Kier alpha value is -2.30. The van der Waals surface area contributed by atoms with Gasteiger partial charge in [0.15, 0.2) is 5.78 Å². The second-order valence-electron chi connectivity index (χ2n) is 8.29. The van der Waals surface area contributed by atoms with Crippen molar-refractivity contribution < 1.29 is 4.79 Å². The van der Waals surface area contributed by atoms with E-state index in [4.69, 9.17) is 0 Å². The van der Waals surface area contributed by atoms with Crippen molar-refractivity contribution in [3.05, 3.63) is 76.4 Å². The largest absolute Gasteiger partial charge is 0.299 e. The number of likely N-dealkylation sites (tertiary alicyclic amines) is 1. The quantitative estimate of drug-likeness (QED) is 0.471. The molecule has 0 amide bonds. The molecule has 1 fully saturated rings. The van der Waals surface area contributed by atoms with E-state index in [1.807, 2.05) is 48.7 Å². The van der Waals surface area contributed by atoms with E-state index < -0.39 is 0 Å². The summed E-state index contributed by atoms with van der Waals surface area (Å²) >= 11 is 1.81. The van der Waals surface area contributed by atoms with Gasteiger partial charge in [-0.1, -0.05) is 54.1 Å². The Bertz CT molecular complexity index is 967. The molecule has 29 heavy (non-hydrogen) atoms. The van der Waals surface area contributed by atoms with E-state index >= 15 is 0 Å². The predicted molar refractivity (Wildman–Crippen MR) is 121 cm³/mol. The number of hydrogen-bond acceptors (Lipinski definition) is 4. The lowest BCUT2D eigenvalue weighted by Gasteiger charge is -2.41. The van der Waals surface area contributed by atoms with Gasteiger partial charge in [0.25, 0.3) is 0 Å². The number of thiazole rings is 1. The summed E-state index contributed by atoms with van der Waals surface area (Å²) < 4.78 is 0. The smallest absolute Gasteiger partial charge is 0.163 e. The Morgan fingerprint density at radius 2 is 1.79 bits per heavy atom. The van der Waals surface area contributed by atoms with E-state index in [-0.39, 0.29) is 5.78 Å². The summed E-state index contributed by atoms with van der Waals surface area (Å²) in [6.07, 6.45) is 3.32. The van der Waals surface area contributed by atoms with Crippen LogP contribution in [0.2, 0.25) is 0 Å². The third kappa shape index (κ3) is 4.65. The molecule has 150 valence electrons.